The van der Waals surface area contributed by atoms with E-state index in [1.807, 2.05) is 0 Å². The van der Waals surface area contributed by atoms with Crippen molar-refractivity contribution in [1.29, 1.82) is 0 Å². The molecule has 11 heteroatoms. The molecule has 5 atom stereocenters. The summed E-state index contributed by atoms with van der Waals surface area (Å²) in [6.45, 7) is -0.186. The number of hydrogen-bond donors (Lipinski definition) is 2. The van der Waals surface area contributed by atoms with Gasteiger partial charge < -0.3 is 20.5 Å². The Labute approximate surface area is 223 Å². The number of phenols is 1. The van der Waals surface area contributed by atoms with Crippen LogP contribution in [0.2, 0.25) is 0 Å². The van der Waals surface area contributed by atoms with Gasteiger partial charge in [-0.3, -0.25) is 28.9 Å². The van der Waals surface area contributed by atoms with Crippen LogP contribution in [-0.2, 0) is 36.9 Å². The van der Waals surface area contributed by atoms with E-state index in [9.17, 15) is 29.1 Å². The van der Waals surface area contributed by atoms with E-state index in [1.165, 1.54) is 4.90 Å². The van der Waals surface area contributed by atoms with Crippen LogP contribution in [0, 0.1) is 29.5 Å². The van der Waals surface area contributed by atoms with Gasteiger partial charge in [-0.25, -0.2) is 4.39 Å². The molecule has 1 aromatic rings. The second-order valence-corrected chi connectivity index (χ2v) is 11.7. The molecule has 0 aromatic heterocycles. The van der Waals surface area contributed by atoms with Crippen LogP contribution >= 0.6 is 0 Å². The molecular weight excluding hydrogens is 509 g/mol. The maximum Gasteiger partial charge on any atom is 0.252 e. The first kappa shape index (κ1) is 25.8. The molecule has 0 radical (unpaired) electrons. The zero-order chi connectivity index (χ0) is 28.1. The number of carbonyl (C=O) groups is 5. The molecule has 0 bridgehead atoms. The smallest absolute Gasteiger partial charge is 0.252 e. The molecule has 1 aromatic carbocycles. The Balaban J connectivity index is 1.41. The lowest BCUT2D eigenvalue weighted by atomic mass is 9.51. The van der Waals surface area contributed by atoms with Crippen molar-refractivity contribution in [2.75, 3.05) is 27.7 Å². The van der Waals surface area contributed by atoms with E-state index in [-0.39, 0.29) is 65.7 Å². The number of nitrogens with zero attached hydrogens (tertiary/aromatic N) is 2. The molecular formula is C28H30FN3O7. The lowest BCUT2D eigenvalue weighted by molar-refractivity contribution is -0.189. The summed E-state index contributed by atoms with van der Waals surface area (Å²) in [6.07, 6.45) is 1.78. The highest BCUT2D eigenvalue weighted by molar-refractivity contribution is 6.25. The van der Waals surface area contributed by atoms with E-state index in [4.69, 9.17) is 10.5 Å². The number of amides is 2. The Morgan fingerprint density at radius 2 is 1.87 bits per heavy atom. The van der Waals surface area contributed by atoms with Crippen LogP contribution in [0.25, 0.3) is 0 Å². The molecule has 3 fully saturated rings. The number of phenolic OH excluding ortho intramolecular Hbond substituents is 1. The Morgan fingerprint density at radius 1 is 1.18 bits per heavy atom. The highest BCUT2D eigenvalue weighted by Crippen LogP contribution is 2.57. The predicted molar refractivity (Wildman–Crippen MR) is 133 cm³/mol. The second-order valence-electron chi connectivity index (χ2n) is 11.7. The summed E-state index contributed by atoms with van der Waals surface area (Å²) in [4.78, 5) is 69.0. The van der Waals surface area contributed by atoms with Gasteiger partial charge in [-0.05, 0) is 51.8 Å². The SMILES string of the molecule is CN(Cc1cc(O)c2c(c1F)CC1CC3C(N(C)C)C(=O)C(C(N)=O)=C4COC43C(=O)C1C2=O)C(=O)C1CC1. The third kappa shape index (κ3) is 3.42. The Bertz CT molecular complexity index is 1410. The highest BCUT2D eigenvalue weighted by atomic mass is 19.1. The van der Waals surface area contributed by atoms with Gasteiger partial charge in [-0.2, -0.15) is 0 Å². The summed E-state index contributed by atoms with van der Waals surface area (Å²) in [5.74, 6) is -6.59. The number of rotatable bonds is 5. The minimum atomic E-state index is -1.64. The number of nitrogens with two attached hydrogens (primary N) is 1. The average Bonchev–Trinajstić information content (AvgIpc) is 3.68. The highest BCUT2D eigenvalue weighted by Gasteiger charge is 2.70. The molecule has 5 aliphatic rings. The van der Waals surface area contributed by atoms with E-state index in [1.54, 1.807) is 26.0 Å². The number of fused-ring (bicyclic) bond motifs is 2. The van der Waals surface area contributed by atoms with Crippen molar-refractivity contribution in [3.05, 3.63) is 39.7 Å². The first-order chi connectivity index (χ1) is 18.4. The summed E-state index contributed by atoms with van der Waals surface area (Å²) >= 11 is 0. The molecule has 206 valence electrons. The molecule has 3 N–H and O–H groups in total. The number of ketones is 3. The van der Waals surface area contributed by atoms with Crippen molar-refractivity contribution in [2.24, 2.45) is 29.4 Å². The molecule has 4 aliphatic carbocycles. The monoisotopic (exact) mass is 539 g/mol. The largest absolute Gasteiger partial charge is 0.507 e. The predicted octanol–water partition coefficient (Wildman–Crippen LogP) is 0.524. The number of ether oxygens (including phenoxy) is 1. The summed E-state index contributed by atoms with van der Waals surface area (Å²) in [5.41, 5.74) is 3.72. The Kier molecular flexibility index (Phi) is 5.65. The number of halogens is 1. The van der Waals surface area contributed by atoms with Crippen LogP contribution in [0.5, 0.6) is 5.75 Å². The summed E-state index contributed by atoms with van der Waals surface area (Å²) in [5, 5.41) is 10.9. The van der Waals surface area contributed by atoms with E-state index in [2.05, 4.69) is 0 Å². The molecule has 1 heterocycles. The van der Waals surface area contributed by atoms with Crippen LogP contribution in [-0.4, -0.2) is 83.5 Å². The zero-order valence-corrected chi connectivity index (χ0v) is 22.0. The number of aromatic hydroxyl groups is 1. The normalized spacial score (nSPS) is 31.3. The Hall–Kier alpha value is -3.44. The first-order valence-electron chi connectivity index (χ1n) is 13.1. The van der Waals surface area contributed by atoms with Gasteiger partial charge in [0, 0.05) is 42.1 Å². The molecule has 10 nitrogen and oxygen atoms in total. The van der Waals surface area contributed by atoms with Crippen molar-refractivity contribution < 1.29 is 38.2 Å². The van der Waals surface area contributed by atoms with Gasteiger partial charge in [0.2, 0.25) is 5.91 Å². The molecule has 39 heavy (non-hydrogen) atoms. The Morgan fingerprint density at radius 3 is 2.44 bits per heavy atom. The molecule has 2 amide bonds. The number of hydrogen-bond acceptors (Lipinski definition) is 8. The molecule has 1 spiro atoms. The topological polar surface area (TPSA) is 147 Å². The summed E-state index contributed by atoms with van der Waals surface area (Å²) in [6, 6.07) is 0.250. The minimum Gasteiger partial charge on any atom is -0.507 e. The van der Waals surface area contributed by atoms with E-state index in [0.717, 1.165) is 18.9 Å². The van der Waals surface area contributed by atoms with Gasteiger partial charge in [-0.1, -0.05) is 0 Å². The maximum atomic E-state index is 15.9. The first-order valence-corrected chi connectivity index (χ1v) is 13.1. The van der Waals surface area contributed by atoms with Crippen LogP contribution < -0.4 is 5.73 Å². The van der Waals surface area contributed by atoms with E-state index < -0.39 is 64.2 Å². The van der Waals surface area contributed by atoms with Crippen molar-refractivity contribution in [2.45, 2.75) is 43.9 Å². The van der Waals surface area contributed by atoms with Gasteiger partial charge >= 0.3 is 0 Å². The molecule has 1 saturated heterocycles. The fourth-order valence-electron chi connectivity index (χ4n) is 7.33. The fourth-order valence-corrected chi connectivity index (χ4v) is 7.33. The summed E-state index contributed by atoms with van der Waals surface area (Å²) < 4.78 is 21.7. The van der Waals surface area contributed by atoms with Gasteiger partial charge in [0.05, 0.1) is 29.7 Å². The van der Waals surface area contributed by atoms with Gasteiger partial charge in [0.1, 0.15) is 11.6 Å². The molecule has 1 aliphatic heterocycles. The van der Waals surface area contributed by atoms with Crippen LogP contribution in [0.4, 0.5) is 4.39 Å². The third-order valence-corrected chi connectivity index (χ3v) is 9.21. The number of benzene rings is 1. The van der Waals surface area contributed by atoms with Crippen molar-refractivity contribution >= 4 is 29.2 Å². The van der Waals surface area contributed by atoms with Gasteiger partial charge in [-0.15, -0.1) is 0 Å². The number of carbonyl (C=O) groups excluding carboxylic acids is 5. The zero-order valence-electron chi connectivity index (χ0n) is 22.0. The quantitative estimate of drug-likeness (QED) is 0.407. The van der Waals surface area contributed by atoms with Crippen LogP contribution in [0.15, 0.2) is 17.2 Å². The van der Waals surface area contributed by atoms with E-state index in [0.29, 0.717) is 0 Å². The van der Waals surface area contributed by atoms with Gasteiger partial charge in [0.15, 0.2) is 23.0 Å². The third-order valence-electron chi connectivity index (χ3n) is 9.21. The van der Waals surface area contributed by atoms with Gasteiger partial charge in [0.25, 0.3) is 5.91 Å². The van der Waals surface area contributed by atoms with Crippen LogP contribution in [0.1, 0.15) is 40.7 Å². The van der Waals surface area contributed by atoms with Crippen molar-refractivity contribution in [3.8, 4) is 5.75 Å². The molecule has 2 saturated carbocycles. The lowest BCUT2D eigenvalue weighted by Gasteiger charge is -2.59. The molecule has 6 rings (SSSR count). The fraction of sp³-hybridized carbons (Fsp3) is 0.536. The maximum absolute atomic E-state index is 15.9. The number of Topliss-reactive ketones (excluding diaryl/α,β-unsaturated/α-hetero) is 3. The van der Waals surface area contributed by atoms with Crippen molar-refractivity contribution in [1.82, 2.24) is 9.80 Å². The second kappa shape index (κ2) is 8.53. The number of primary amides is 1. The number of likely N-dealkylation sites (N-methyl/N-ethyl adjacent to an activating group) is 1. The average molecular weight is 540 g/mol. The van der Waals surface area contributed by atoms with E-state index >= 15 is 4.39 Å². The minimum absolute atomic E-state index is 0.00631. The summed E-state index contributed by atoms with van der Waals surface area (Å²) in [7, 11) is 4.88. The molecule has 5 unspecified atom stereocenters. The lowest BCUT2D eigenvalue weighted by Crippen LogP contribution is -2.73. The van der Waals surface area contributed by atoms with Crippen molar-refractivity contribution in [3.63, 3.8) is 0 Å². The standard InChI is InChI=1S/C28H30FN3O7/c1-31(2)22-15-7-12-6-14-19(17(33)8-13(21(14)29)9-32(3)27(38)11-4-5-11)23(34)18(12)25(36)28(15)16(10-39-28)20(24(22)35)26(30)37/h8,11-12,15,18,22,33H,4-7,9-10H2,1-3H3,(H2,30,37). The van der Waals surface area contributed by atoms with Crippen LogP contribution in [0.3, 0.4) is 0 Å².